The summed E-state index contributed by atoms with van der Waals surface area (Å²) in [5, 5.41) is 20.4. The Morgan fingerprint density at radius 3 is 0.881 bits per heavy atom. The highest BCUT2D eigenvalue weighted by Gasteiger charge is 2.53. The Hall–Kier alpha value is -5.84. The SMILES string of the molecule is S=P(c1cc2c(s1)-c1sc(P(=S)(c3cccc4ccccc34)c3cccc4ccccc34)cc1[Si]2(c1ccccc1)c1ccccc1)(c1cccc2ccccc12)c1cccc2ccccc12. The lowest BCUT2D eigenvalue weighted by Crippen LogP contribution is -2.72. The number of hydrogen-bond acceptors (Lipinski definition) is 4. The molecule has 0 radical (unpaired) electrons. The van der Waals surface area contributed by atoms with E-state index in [0.29, 0.717) is 0 Å². The summed E-state index contributed by atoms with van der Waals surface area (Å²) in [6.45, 7) is 0. The summed E-state index contributed by atoms with van der Waals surface area (Å²) < 4.78 is 2.57. The van der Waals surface area contributed by atoms with Gasteiger partial charge in [0.15, 0.2) is 8.07 Å². The maximum Gasteiger partial charge on any atom is 0.182 e. The summed E-state index contributed by atoms with van der Waals surface area (Å²) >= 11 is 19.0. The molecule has 0 bridgehead atoms. The quantitative estimate of drug-likeness (QED) is 0.110. The molecule has 0 saturated carbocycles. The van der Waals surface area contributed by atoms with Gasteiger partial charge in [-0.2, -0.15) is 0 Å². The number of benzene rings is 10. The number of thiophene rings is 2. The number of hydrogen-bond donors (Lipinski definition) is 0. The Morgan fingerprint density at radius 2 is 0.567 bits per heavy atom. The minimum absolute atomic E-state index is 1.22. The second-order valence-corrected chi connectivity index (χ2v) is 32.4. The first kappa shape index (κ1) is 41.4. The molecule has 318 valence electrons. The van der Waals surface area contributed by atoms with Crippen LogP contribution in [0.1, 0.15) is 0 Å². The molecule has 12 aromatic rings. The van der Waals surface area contributed by atoms with Gasteiger partial charge in [0.1, 0.15) is 0 Å². The van der Waals surface area contributed by atoms with Gasteiger partial charge >= 0.3 is 0 Å². The lowest BCUT2D eigenvalue weighted by molar-refractivity contribution is 1.71. The van der Waals surface area contributed by atoms with E-state index in [2.05, 4.69) is 243 Å². The van der Waals surface area contributed by atoms with Crippen molar-refractivity contribution in [1.29, 1.82) is 0 Å². The second-order valence-electron chi connectivity index (χ2n) is 17.3. The standard InChI is InChI=1S/C60H40P2S4Si/c63-61(51-35-15-23-41-19-7-11-31-47(41)51,52-36-16-24-42-20-8-12-32-48(42)52)57-39-55-59(65-57)60-56(67(55,45-27-3-1-4-28-45)46-29-5-2-6-30-46)40-58(66-60)62(64,53-37-17-25-43-21-9-13-33-49(43)53)54-38-18-26-44-22-10-14-34-50(44)54/h1-40H. The van der Waals surface area contributed by atoms with Crippen molar-refractivity contribution in [3.63, 3.8) is 0 Å². The van der Waals surface area contributed by atoms with Crippen LogP contribution < -0.4 is 51.2 Å². The van der Waals surface area contributed by atoms with Crippen molar-refractivity contribution in [2.24, 2.45) is 0 Å². The molecule has 0 nitrogen and oxygen atoms in total. The number of rotatable bonds is 8. The van der Waals surface area contributed by atoms with Gasteiger partial charge in [0.2, 0.25) is 0 Å². The molecule has 1 aliphatic heterocycles. The van der Waals surface area contributed by atoms with E-state index in [-0.39, 0.29) is 0 Å². The maximum atomic E-state index is 7.52. The van der Waals surface area contributed by atoms with E-state index in [1.165, 1.54) is 104 Å². The van der Waals surface area contributed by atoms with E-state index < -0.39 is 20.1 Å². The Balaban J connectivity index is 1.16. The molecule has 10 aromatic carbocycles. The molecular weight excluding hydrogens is 939 g/mol. The molecule has 67 heavy (non-hydrogen) atoms. The fourth-order valence-electron chi connectivity index (χ4n) is 10.9. The maximum absolute atomic E-state index is 7.52. The third kappa shape index (κ3) is 6.13. The van der Waals surface area contributed by atoms with Crippen LogP contribution in [0.5, 0.6) is 0 Å². The fourth-order valence-corrected chi connectivity index (χ4v) is 30.6. The molecule has 0 atom stereocenters. The molecular formula is C60H40P2S4Si. The van der Waals surface area contributed by atoms with Crippen molar-refractivity contribution in [3.8, 4) is 9.75 Å². The molecule has 13 rings (SSSR count). The predicted octanol–water partition coefficient (Wildman–Crippen LogP) is 11.3. The zero-order valence-corrected chi connectivity index (χ0v) is 42.2. The summed E-state index contributed by atoms with van der Waals surface area (Å²) in [6.07, 6.45) is 0. The Labute approximate surface area is 409 Å². The van der Waals surface area contributed by atoms with Gasteiger partial charge in [0.25, 0.3) is 0 Å². The molecule has 0 N–H and O–H groups in total. The van der Waals surface area contributed by atoms with Crippen LogP contribution in [0.15, 0.2) is 243 Å². The molecule has 0 unspecified atom stereocenters. The Morgan fingerprint density at radius 1 is 0.299 bits per heavy atom. The topological polar surface area (TPSA) is 0 Å². The summed E-state index contributed by atoms with van der Waals surface area (Å²) in [4.78, 5) is 2.71. The average molecular weight is 979 g/mol. The molecule has 0 aliphatic carbocycles. The third-order valence-corrected chi connectivity index (χ3v) is 33.3. The molecule has 0 spiro atoms. The average Bonchev–Trinajstić information content (AvgIpc) is 4.11. The molecule has 0 fully saturated rings. The van der Waals surface area contributed by atoms with Crippen LogP contribution in [0.2, 0.25) is 0 Å². The van der Waals surface area contributed by atoms with Crippen LogP contribution in [0.4, 0.5) is 0 Å². The molecule has 7 heteroatoms. The highest BCUT2D eigenvalue weighted by molar-refractivity contribution is 8.27. The minimum atomic E-state index is -3.00. The first-order valence-electron chi connectivity index (χ1n) is 22.5. The van der Waals surface area contributed by atoms with Gasteiger partial charge in [-0.3, -0.25) is 0 Å². The zero-order chi connectivity index (χ0) is 44.7. The van der Waals surface area contributed by atoms with E-state index in [1.54, 1.807) is 0 Å². The second kappa shape index (κ2) is 16.2. The Kier molecular flexibility index (Phi) is 9.97. The minimum Gasteiger partial charge on any atom is -0.133 e. The molecule has 2 aromatic heterocycles. The van der Waals surface area contributed by atoms with Crippen molar-refractivity contribution < 1.29 is 0 Å². The van der Waals surface area contributed by atoms with Gasteiger partial charge in [-0.15, -0.1) is 22.7 Å². The molecule has 3 heterocycles. The monoisotopic (exact) mass is 978 g/mol. The van der Waals surface area contributed by atoms with Gasteiger partial charge in [-0.05, 0) is 76.0 Å². The van der Waals surface area contributed by atoms with Crippen molar-refractivity contribution >= 4 is 161 Å². The highest BCUT2D eigenvalue weighted by Crippen LogP contribution is 2.53. The zero-order valence-electron chi connectivity index (χ0n) is 36.1. The Bertz CT molecular complexity index is 3570. The van der Waals surface area contributed by atoms with Gasteiger partial charge < -0.3 is 0 Å². The first-order chi connectivity index (χ1) is 33.0. The van der Waals surface area contributed by atoms with Gasteiger partial charge in [-0.1, -0.05) is 254 Å². The van der Waals surface area contributed by atoms with Crippen LogP contribution in [0.25, 0.3) is 52.8 Å². The van der Waals surface area contributed by atoms with E-state index in [1.807, 2.05) is 22.7 Å². The van der Waals surface area contributed by atoms with Crippen LogP contribution in [0, 0.1) is 0 Å². The van der Waals surface area contributed by atoms with Crippen molar-refractivity contribution in [2.75, 3.05) is 0 Å². The highest BCUT2D eigenvalue weighted by atomic mass is 32.4. The van der Waals surface area contributed by atoms with Crippen LogP contribution >= 0.6 is 34.7 Å². The fraction of sp³-hybridized carbons (Fsp3) is 0. The molecule has 1 aliphatic rings. The van der Waals surface area contributed by atoms with Crippen molar-refractivity contribution in [3.05, 3.63) is 243 Å². The summed E-state index contributed by atoms with van der Waals surface area (Å²) in [5.41, 5.74) is 0. The first-order valence-corrected chi connectivity index (χ1v) is 31.8. The molecule has 0 saturated heterocycles. The normalized spacial score (nSPS) is 13.3. The van der Waals surface area contributed by atoms with Crippen LogP contribution in [0.3, 0.4) is 0 Å². The van der Waals surface area contributed by atoms with Gasteiger partial charge in [-0.25, -0.2) is 0 Å². The van der Waals surface area contributed by atoms with Gasteiger partial charge in [0.05, 0.1) is 0 Å². The van der Waals surface area contributed by atoms with Gasteiger partial charge in [0, 0.05) is 52.3 Å². The lowest BCUT2D eigenvalue weighted by atomic mass is 10.1. The van der Waals surface area contributed by atoms with E-state index in [9.17, 15) is 0 Å². The summed E-state index contributed by atoms with van der Waals surface area (Å²) in [5.74, 6) is 0. The van der Waals surface area contributed by atoms with Crippen LogP contribution in [-0.4, -0.2) is 8.07 Å². The van der Waals surface area contributed by atoms with Crippen molar-refractivity contribution in [2.45, 2.75) is 0 Å². The van der Waals surface area contributed by atoms with Crippen LogP contribution in [-0.2, 0) is 23.6 Å². The largest absolute Gasteiger partial charge is 0.182 e. The van der Waals surface area contributed by atoms with E-state index in [4.69, 9.17) is 23.6 Å². The molecule has 0 amide bonds. The van der Waals surface area contributed by atoms with E-state index in [0.717, 1.165) is 0 Å². The third-order valence-electron chi connectivity index (χ3n) is 13.9. The summed E-state index contributed by atoms with van der Waals surface area (Å²) in [7, 11) is -3.00. The summed E-state index contributed by atoms with van der Waals surface area (Å²) in [6, 6.07) is 85.0. The van der Waals surface area contributed by atoms with E-state index >= 15 is 0 Å². The lowest BCUT2D eigenvalue weighted by Gasteiger charge is -2.31. The van der Waals surface area contributed by atoms with Crippen molar-refractivity contribution in [1.82, 2.24) is 0 Å². The smallest absolute Gasteiger partial charge is 0.133 e. The number of fused-ring (bicyclic) bond motifs is 7. The predicted molar refractivity (Wildman–Crippen MR) is 307 cm³/mol.